The third-order valence-electron chi connectivity index (χ3n) is 12.0. The van der Waals surface area contributed by atoms with Gasteiger partial charge in [0, 0.05) is 18.4 Å². The highest BCUT2D eigenvalue weighted by Crippen LogP contribution is 2.69. The summed E-state index contributed by atoms with van der Waals surface area (Å²) in [6, 6.07) is 0. The number of fused-ring (bicyclic) bond motifs is 2. The molecule has 12 atom stereocenters. The summed E-state index contributed by atoms with van der Waals surface area (Å²) in [5.74, 6) is 3.79. The Labute approximate surface area is 207 Å². The first-order valence-corrected chi connectivity index (χ1v) is 14.6. The molecule has 2 heterocycles. The molecular formula is C29H40NO5+. The summed E-state index contributed by atoms with van der Waals surface area (Å²) >= 11 is 0. The zero-order chi connectivity index (χ0) is 24.0. The van der Waals surface area contributed by atoms with Gasteiger partial charge in [-0.05, 0) is 105 Å². The second-order valence-electron chi connectivity index (χ2n) is 13.0. The quantitative estimate of drug-likeness (QED) is 0.198. The minimum atomic E-state index is -0.205. The van der Waals surface area contributed by atoms with Crippen molar-refractivity contribution in [2.24, 2.45) is 71.0 Å². The summed E-state index contributed by atoms with van der Waals surface area (Å²) < 4.78 is 5.32. The average molecular weight is 483 g/mol. The molecule has 0 radical (unpaired) electrons. The number of likely N-dealkylation sites (tertiary alicyclic amines) is 1. The number of hydrogen-bond donors (Lipinski definition) is 0. The van der Waals surface area contributed by atoms with Crippen LogP contribution in [0, 0.1) is 71.0 Å². The fraction of sp³-hybridized carbons (Fsp3) is 0.862. The van der Waals surface area contributed by atoms with E-state index in [1.54, 1.807) is 4.90 Å². The van der Waals surface area contributed by atoms with Crippen molar-refractivity contribution in [3.63, 3.8) is 0 Å². The number of carbonyl (C=O) groups is 3. The number of rotatable bonds is 4. The van der Waals surface area contributed by atoms with Crippen molar-refractivity contribution in [1.29, 1.82) is 0 Å². The normalized spacial score (nSPS) is 49.8. The lowest BCUT2D eigenvalue weighted by Gasteiger charge is -2.66. The van der Waals surface area contributed by atoms with Gasteiger partial charge in [0.15, 0.2) is 0 Å². The highest BCUT2D eigenvalue weighted by atomic mass is 16.6. The molecular weight excluding hydrogens is 442 g/mol. The molecule has 5 saturated carbocycles. The van der Waals surface area contributed by atoms with Crippen LogP contribution in [0.3, 0.4) is 0 Å². The molecule has 12 unspecified atom stereocenters. The lowest BCUT2D eigenvalue weighted by atomic mass is 9.38. The monoisotopic (exact) mass is 482 g/mol. The molecule has 0 spiro atoms. The second-order valence-corrected chi connectivity index (χ2v) is 13.0. The van der Waals surface area contributed by atoms with E-state index in [1.165, 1.54) is 0 Å². The molecule has 6 heteroatoms. The average Bonchev–Trinajstić information content (AvgIpc) is 2.87. The van der Waals surface area contributed by atoms with Gasteiger partial charge in [-0.25, -0.2) is 9.53 Å². The first kappa shape index (κ1) is 22.5. The number of piperidine rings is 1. The summed E-state index contributed by atoms with van der Waals surface area (Å²) in [6.07, 6.45) is 11.0. The standard InChI is InChI=1S/C29H39NO5/c1-2-3-4-13-30-26(31)18-9-5-14-16-7-11-20-25-21(29(34)35-28(20)33)12-8-17(23(16)25)15-6-10-19(27(30)32)24(18)22(14)15/h14-25H,2-13H2,1H3/p+1. The molecule has 7 aliphatic rings. The molecule has 35 heavy (non-hydrogen) atoms. The Hall–Kier alpha value is -1.72. The fourth-order valence-corrected chi connectivity index (χ4v) is 11.1. The van der Waals surface area contributed by atoms with Gasteiger partial charge in [0.05, 0.1) is 5.92 Å². The van der Waals surface area contributed by atoms with Crippen LogP contribution in [0.15, 0.2) is 0 Å². The van der Waals surface area contributed by atoms with Crippen LogP contribution in [0.4, 0.5) is 0 Å². The Morgan fingerprint density at radius 3 is 1.71 bits per heavy atom. The highest BCUT2D eigenvalue weighted by molar-refractivity contribution is 6.00. The third-order valence-corrected chi connectivity index (χ3v) is 12.0. The van der Waals surface area contributed by atoms with Crippen LogP contribution >= 0.6 is 0 Å². The molecule has 0 aromatic carbocycles. The number of imide groups is 1. The van der Waals surface area contributed by atoms with Crippen LogP contribution in [0.2, 0.25) is 0 Å². The van der Waals surface area contributed by atoms with Crippen molar-refractivity contribution in [2.75, 3.05) is 6.54 Å². The lowest BCUT2D eigenvalue weighted by Crippen LogP contribution is -2.67. The molecule has 2 saturated heterocycles. The lowest BCUT2D eigenvalue weighted by molar-refractivity contribution is -0.205. The summed E-state index contributed by atoms with van der Waals surface area (Å²) in [7, 11) is 0. The van der Waals surface area contributed by atoms with Gasteiger partial charge in [0.2, 0.25) is 11.8 Å². The summed E-state index contributed by atoms with van der Waals surface area (Å²) in [4.78, 5) is 52.2. The van der Waals surface area contributed by atoms with Gasteiger partial charge in [-0.2, -0.15) is 0 Å². The summed E-state index contributed by atoms with van der Waals surface area (Å²) in [6.45, 7) is 2.77. The minimum absolute atomic E-state index is 0.0143. The zero-order valence-corrected chi connectivity index (χ0v) is 20.9. The molecule has 7 fully saturated rings. The molecule has 2 amide bonds. The van der Waals surface area contributed by atoms with Gasteiger partial charge < -0.3 is 4.79 Å². The first-order valence-electron chi connectivity index (χ1n) is 14.6. The highest BCUT2D eigenvalue weighted by Gasteiger charge is 2.69. The SMILES string of the molecule is CCCCCN1C(=O)C2CCC3C4CCC5C(=O)OC(=[OH+])C6CCC(C7CCC(C1=O)C2C37)C4C56. The molecule has 2 aliphatic heterocycles. The number of amides is 2. The maximum atomic E-state index is 13.6. The van der Waals surface area contributed by atoms with Gasteiger partial charge in [0.25, 0.3) is 0 Å². The Bertz CT molecular complexity index is 895. The van der Waals surface area contributed by atoms with Gasteiger partial charge >= 0.3 is 11.9 Å². The topological polar surface area (TPSA) is 85.1 Å². The van der Waals surface area contributed by atoms with Crippen molar-refractivity contribution in [3.05, 3.63) is 0 Å². The zero-order valence-electron chi connectivity index (χ0n) is 20.9. The van der Waals surface area contributed by atoms with Gasteiger partial charge in [-0.1, -0.05) is 19.8 Å². The van der Waals surface area contributed by atoms with E-state index in [0.717, 1.165) is 70.6 Å². The molecule has 1 N–H and O–H groups in total. The Morgan fingerprint density at radius 1 is 0.686 bits per heavy atom. The number of nitrogens with zero attached hydrogens (tertiary/aromatic N) is 1. The van der Waals surface area contributed by atoms with Crippen LogP contribution in [0.25, 0.3) is 0 Å². The largest absolute Gasteiger partial charge is 0.494 e. The maximum absolute atomic E-state index is 13.6. The fourth-order valence-electron chi connectivity index (χ4n) is 11.1. The van der Waals surface area contributed by atoms with Gasteiger partial charge in [0.1, 0.15) is 5.92 Å². The Morgan fingerprint density at radius 2 is 1.17 bits per heavy atom. The number of unbranched alkanes of at least 4 members (excludes halogenated alkanes) is 2. The molecule has 190 valence electrons. The number of ether oxygens (including phenoxy) is 1. The van der Waals surface area contributed by atoms with Crippen LogP contribution in [-0.4, -0.2) is 40.0 Å². The number of carbonyl (C=O) groups excluding carboxylic acids is 4. The van der Waals surface area contributed by atoms with Crippen LogP contribution < -0.4 is 0 Å². The first-order chi connectivity index (χ1) is 17.0. The molecule has 0 bridgehead atoms. The summed E-state index contributed by atoms with van der Waals surface area (Å²) in [5.41, 5.74) is 0. The van der Waals surface area contributed by atoms with Crippen molar-refractivity contribution < 1.29 is 23.9 Å². The third kappa shape index (κ3) is 3.00. The predicted octanol–water partition coefficient (Wildman–Crippen LogP) is 4.19. The van der Waals surface area contributed by atoms with Crippen molar-refractivity contribution in [2.45, 2.75) is 77.6 Å². The number of hydrogen-bond acceptors (Lipinski definition) is 4. The van der Waals surface area contributed by atoms with E-state index in [-0.39, 0.29) is 59.3 Å². The smallest absolute Gasteiger partial charge is 0.338 e. The maximum Gasteiger partial charge on any atom is 0.494 e. The molecule has 5 aliphatic carbocycles. The summed E-state index contributed by atoms with van der Waals surface area (Å²) in [5, 5.41) is 0. The van der Waals surface area contributed by atoms with Gasteiger partial charge in [-0.3, -0.25) is 14.5 Å². The van der Waals surface area contributed by atoms with Crippen molar-refractivity contribution in [1.82, 2.24) is 4.90 Å². The van der Waals surface area contributed by atoms with Crippen molar-refractivity contribution in [3.8, 4) is 0 Å². The van der Waals surface area contributed by atoms with E-state index in [4.69, 9.17) is 4.74 Å². The number of cyclic esters (lactones) is 2. The molecule has 6 nitrogen and oxygen atoms in total. The van der Waals surface area contributed by atoms with E-state index < -0.39 is 0 Å². The Balaban J connectivity index is 1.22. The van der Waals surface area contributed by atoms with E-state index in [1.807, 2.05) is 0 Å². The second kappa shape index (κ2) is 8.14. The molecule has 0 aromatic heterocycles. The van der Waals surface area contributed by atoms with Gasteiger partial charge in [-0.15, -0.1) is 0 Å². The predicted molar refractivity (Wildman–Crippen MR) is 128 cm³/mol. The van der Waals surface area contributed by atoms with E-state index in [0.29, 0.717) is 42.1 Å². The molecule has 0 aromatic rings. The van der Waals surface area contributed by atoms with Crippen LogP contribution in [0.5, 0.6) is 0 Å². The van der Waals surface area contributed by atoms with Crippen LogP contribution in [-0.2, 0) is 19.1 Å². The molecule has 7 rings (SSSR count). The van der Waals surface area contributed by atoms with E-state index in [9.17, 15) is 19.2 Å². The van der Waals surface area contributed by atoms with Crippen molar-refractivity contribution >= 4 is 23.8 Å². The van der Waals surface area contributed by atoms with Crippen LogP contribution in [0.1, 0.15) is 77.6 Å². The number of esters is 2. The van der Waals surface area contributed by atoms with E-state index >= 15 is 0 Å². The Kier molecular flexibility index (Phi) is 5.23. The minimum Gasteiger partial charge on any atom is -0.338 e. The van der Waals surface area contributed by atoms with E-state index in [2.05, 4.69) is 6.92 Å².